The van der Waals surface area contributed by atoms with Gasteiger partial charge in [-0.3, -0.25) is 14.9 Å². The zero-order valence-corrected chi connectivity index (χ0v) is 10.6. The number of ketones is 1. The zero-order valence-electron chi connectivity index (χ0n) is 10.6. The number of anilines is 1. The van der Waals surface area contributed by atoms with E-state index >= 15 is 0 Å². The second kappa shape index (κ2) is 6.13. The van der Waals surface area contributed by atoms with Gasteiger partial charge in [0.15, 0.2) is 5.78 Å². The fourth-order valence-corrected chi connectivity index (χ4v) is 2.08. The van der Waals surface area contributed by atoms with E-state index in [4.69, 9.17) is 0 Å². The number of non-ortho nitro benzene ring substituents is 1. The largest absolute Gasteiger partial charge is 0.361 e. The van der Waals surface area contributed by atoms with Crippen LogP contribution >= 0.6 is 0 Å². The van der Waals surface area contributed by atoms with E-state index < -0.39 is 4.92 Å². The zero-order chi connectivity index (χ0) is 13.7. The van der Waals surface area contributed by atoms with Crippen molar-refractivity contribution in [1.82, 2.24) is 0 Å². The molecule has 0 heterocycles. The molecule has 19 heavy (non-hydrogen) atoms. The fraction of sp³-hybridized carbons (Fsp3) is 0.357. The second-order valence-corrected chi connectivity index (χ2v) is 4.60. The number of allylic oxidation sites excluding steroid dienone is 1. The van der Waals surface area contributed by atoms with Crippen LogP contribution in [0.4, 0.5) is 11.4 Å². The smallest absolute Gasteiger partial charge is 0.269 e. The maximum atomic E-state index is 11.8. The summed E-state index contributed by atoms with van der Waals surface area (Å²) in [5.74, 6) is 0.201. The lowest BCUT2D eigenvalue weighted by Crippen LogP contribution is -2.02. The van der Waals surface area contributed by atoms with E-state index in [2.05, 4.69) is 5.32 Å². The van der Waals surface area contributed by atoms with Crippen LogP contribution in [-0.4, -0.2) is 10.7 Å². The lowest BCUT2D eigenvalue weighted by molar-refractivity contribution is -0.384. The van der Waals surface area contributed by atoms with E-state index in [-0.39, 0.29) is 11.5 Å². The highest BCUT2D eigenvalue weighted by molar-refractivity contribution is 5.95. The molecule has 0 saturated heterocycles. The predicted octanol–water partition coefficient (Wildman–Crippen LogP) is 3.42. The summed E-state index contributed by atoms with van der Waals surface area (Å²) in [4.78, 5) is 21.9. The number of carbonyl (C=O) groups is 1. The third-order valence-corrected chi connectivity index (χ3v) is 3.20. The third-order valence-electron chi connectivity index (χ3n) is 3.20. The van der Waals surface area contributed by atoms with Crippen molar-refractivity contribution in [3.8, 4) is 0 Å². The molecule has 5 nitrogen and oxygen atoms in total. The first kappa shape index (κ1) is 13.3. The van der Waals surface area contributed by atoms with Crippen LogP contribution in [0, 0.1) is 10.1 Å². The Morgan fingerprint density at radius 2 is 1.79 bits per heavy atom. The summed E-state index contributed by atoms with van der Waals surface area (Å²) in [5, 5.41) is 13.6. The van der Waals surface area contributed by atoms with Crippen LogP contribution in [0.2, 0.25) is 0 Å². The molecular formula is C14H16N2O3. The van der Waals surface area contributed by atoms with Crippen molar-refractivity contribution in [2.75, 3.05) is 5.32 Å². The van der Waals surface area contributed by atoms with Gasteiger partial charge in [0.05, 0.1) is 4.92 Å². The average molecular weight is 260 g/mol. The van der Waals surface area contributed by atoms with Crippen LogP contribution in [0.25, 0.3) is 0 Å². The molecule has 1 aromatic rings. The number of nitro groups is 1. The molecule has 0 amide bonds. The number of benzene rings is 1. The molecule has 100 valence electrons. The van der Waals surface area contributed by atoms with Crippen molar-refractivity contribution in [3.05, 3.63) is 46.2 Å². The molecule has 0 radical (unpaired) electrons. The summed E-state index contributed by atoms with van der Waals surface area (Å²) >= 11 is 0. The SMILES string of the molecule is O=C1CCCCCC1=CNc1ccc([N+](=O)[O-])cc1. The van der Waals surface area contributed by atoms with E-state index in [1.54, 1.807) is 18.3 Å². The molecule has 1 saturated carbocycles. The van der Waals surface area contributed by atoms with Crippen LogP contribution in [-0.2, 0) is 4.79 Å². The van der Waals surface area contributed by atoms with E-state index in [0.717, 1.165) is 36.9 Å². The highest BCUT2D eigenvalue weighted by Gasteiger charge is 2.13. The number of Topliss-reactive ketones (excluding diaryl/α,β-unsaturated/α-hetero) is 1. The predicted molar refractivity (Wildman–Crippen MR) is 72.9 cm³/mol. The molecule has 0 unspecified atom stereocenters. The van der Waals surface area contributed by atoms with Gasteiger partial charge >= 0.3 is 0 Å². The van der Waals surface area contributed by atoms with Gasteiger partial charge in [-0.1, -0.05) is 6.42 Å². The van der Waals surface area contributed by atoms with Gasteiger partial charge < -0.3 is 5.32 Å². The van der Waals surface area contributed by atoms with Crippen molar-refractivity contribution in [2.45, 2.75) is 32.1 Å². The normalized spacial score (nSPS) is 18.1. The first-order valence-electron chi connectivity index (χ1n) is 6.40. The summed E-state index contributed by atoms with van der Waals surface area (Å²) in [6.07, 6.45) is 6.26. The van der Waals surface area contributed by atoms with Crippen molar-refractivity contribution < 1.29 is 9.72 Å². The van der Waals surface area contributed by atoms with E-state index in [1.165, 1.54) is 12.1 Å². The lowest BCUT2D eigenvalue weighted by Gasteiger charge is -2.04. The van der Waals surface area contributed by atoms with Gasteiger partial charge in [0.25, 0.3) is 5.69 Å². The molecule has 0 aliphatic heterocycles. The monoisotopic (exact) mass is 260 g/mol. The summed E-state index contributed by atoms with van der Waals surface area (Å²) < 4.78 is 0. The van der Waals surface area contributed by atoms with Crippen LogP contribution < -0.4 is 5.32 Å². The Bertz CT molecular complexity index is 506. The van der Waals surface area contributed by atoms with Crippen molar-refractivity contribution in [1.29, 1.82) is 0 Å². The minimum Gasteiger partial charge on any atom is -0.361 e. The Labute approximate surface area is 111 Å². The topological polar surface area (TPSA) is 72.2 Å². The molecule has 0 atom stereocenters. The fourth-order valence-electron chi connectivity index (χ4n) is 2.08. The Morgan fingerprint density at radius 3 is 2.47 bits per heavy atom. The molecule has 0 spiro atoms. The molecule has 0 bridgehead atoms. The highest BCUT2D eigenvalue weighted by Crippen LogP contribution is 2.20. The van der Waals surface area contributed by atoms with Gasteiger partial charge in [0, 0.05) is 36.0 Å². The van der Waals surface area contributed by atoms with Gasteiger partial charge in [-0.2, -0.15) is 0 Å². The quantitative estimate of drug-likeness (QED) is 0.391. The number of nitrogens with one attached hydrogen (secondary N) is 1. The first-order chi connectivity index (χ1) is 9.16. The number of nitro benzene ring substituents is 1. The standard InChI is InChI=1S/C14H16N2O3/c17-14-5-3-1-2-4-11(14)10-15-12-6-8-13(9-7-12)16(18)19/h6-10,15H,1-5H2. The van der Waals surface area contributed by atoms with E-state index in [9.17, 15) is 14.9 Å². The first-order valence-corrected chi connectivity index (χ1v) is 6.40. The van der Waals surface area contributed by atoms with Gasteiger partial charge in [0.2, 0.25) is 0 Å². The molecule has 1 fully saturated rings. The van der Waals surface area contributed by atoms with Gasteiger partial charge in [-0.05, 0) is 31.4 Å². The Balaban J connectivity index is 2.04. The highest BCUT2D eigenvalue weighted by atomic mass is 16.6. The summed E-state index contributed by atoms with van der Waals surface area (Å²) in [6, 6.07) is 6.15. The van der Waals surface area contributed by atoms with Crippen molar-refractivity contribution >= 4 is 17.2 Å². The third kappa shape index (κ3) is 3.64. The summed E-state index contributed by atoms with van der Waals surface area (Å²) in [5.41, 5.74) is 1.62. The van der Waals surface area contributed by atoms with Crippen molar-refractivity contribution in [3.63, 3.8) is 0 Å². The molecule has 2 rings (SSSR count). The van der Waals surface area contributed by atoms with Crippen LogP contribution in [0.3, 0.4) is 0 Å². The number of rotatable bonds is 3. The van der Waals surface area contributed by atoms with Crippen molar-refractivity contribution in [2.24, 2.45) is 0 Å². The molecular weight excluding hydrogens is 244 g/mol. The molecule has 1 aliphatic rings. The molecule has 1 aliphatic carbocycles. The minimum atomic E-state index is -0.433. The molecule has 1 aromatic carbocycles. The van der Waals surface area contributed by atoms with E-state index in [0.29, 0.717) is 6.42 Å². The number of hydrogen-bond donors (Lipinski definition) is 1. The van der Waals surface area contributed by atoms with Crippen LogP contribution in [0.1, 0.15) is 32.1 Å². The molecule has 5 heteroatoms. The van der Waals surface area contributed by atoms with Gasteiger partial charge in [0.1, 0.15) is 0 Å². The molecule has 1 N–H and O–H groups in total. The average Bonchev–Trinajstić information content (AvgIpc) is 2.61. The number of carbonyl (C=O) groups excluding carboxylic acids is 1. The second-order valence-electron chi connectivity index (χ2n) is 4.60. The van der Waals surface area contributed by atoms with Gasteiger partial charge in [-0.25, -0.2) is 0 Å². The summed E-state index contributed by atoms with van der Waals surface area (Å²) in [6.45, 7) is 0. The van der Waals surface area contributed by atoms with Crippen LogP contribution in [0.15, 0.2) is 36.0 Å². The molecule has 0 aromatic heterocycles. The minimum absolute atomic E-state index is 0.0590. The van der Waals surface area contributed by atoms with E-state index in [1.807, 2.05) is 0 Å². The van der Waals surface area contributed by atoms with Gasteiger partial charge in [-0.15, -0.1) is 0 Å². The van der Waals surface area contributed by atoms with Crippen LogP contribution in [0.5, 0.6) is 0 Å². The maximum Gasteiger partial charge on any atom is 0.269 e. The number of nitrogens with zero attached hydrogens (tertiary/aromatic N) is 1. The maximum absolute atomic E-state index is 11.8. The summed E-state index contributed by atoms with van der Waals surface area (Å²) in [7, 11) is 0. The number of hydrogen-bond acceptors (Lipinski definition) is 4. The Kier molecular flexibility index (Phi) is 4.28. The Morgan fingerprint density at radius 1 is 1.11 bits per heavy atom. The lowest BCUT2D eigenvalue weighted by atomic mass is 10.1. The Hall–Kier alpha value is -2.17.